The van der Waals surface area contributed by atoms with Crippen molar-refractivity contribution >= 4 is 11.6 Å². The van der Waals surface area contributed by atoms with Gasteiger partial charge in [-0.05, 0) is 37.5 Å². The fraction of sp³-hybridized carbons (Fsp3) is 0.318. The van der Waals surface area contributed by atoms with Crippen molar-refractivity contribution in [3.05, 3.63) is 65.5 Å². The Morgan fingerprint density at radius 2 is 1.75 bits per heavy atom. The van der Waals surface area contributed by atoms with E-state index in [0.29, 0.717) is 29.7 Å². The summed E-state index contributed by atoms with van der Waals surface area (Å²) >= 11 is 0. The van der Waals surface area contributed by atoms with Crippen molar-refractivity contribution in [3.8, 4) is 11.4 Å². The quantitative estimate of drug-likeness (QED) is 0.627. The summed E-state index contributed by atoms with van der Waals surface area (Å²) in [4.78, 5) is 16.8. The molecule has 0 fully saturated rings. The molecule has 2 N–H and O–H groups in total. The molecule has 0 aliphatic carbocycles. The topological polar surface area (TPSA) is 80.0 Å². The van der Waals surface area contributed by atoms with Crippen molar-refractivity contribution < 1.29 is 9.32 Å². The number of amides is 1. The second kappa shape index (κ2) is 8.69. The van der Waals surface area contributed by atoms with Crippen LogP contribution >= 0.6 is 0 Å². The molecular weight excluding hydrogens is 352 g/mol. The fourth-order valence-electron chi connectivity index (χ4n) is 2.81. The number of hydrogen-bond donors (Lipinski definition) is 2. The number of nitrogens with one attached hydrogen (secondary N) is 2. The Labute approximate surface area is 165 Å². The first-order chi connectivity index (χ1) is 13.4. The monoisotopic (exact) mass is 378 g/mol. The molecule has 6 nitrogen and oxygen atoms in total. The van der Waals surface area contributed by atoms with Crippen LogP contribution in [-0.4, -0.2) is 22.1 Å². The first-order valence-electron chi connectivity index (χ1n) is 9.50. The van der Waals surface area contributed by atoms with Gasteiger partial charge in [0.25, 0.3) is 5.91 Å². The van der Waals surface area contributed by atoms with Crippen LogP contribution in [0, 0.1) is 0 Å². The maximum Gasteiger partial charge on any atom is 0.253 e. The summed E-state index contributed by atoms with van der Waals surface area (Å²) in [6.45, 7) is 8.52. The average molecular weight is 378 g/mol. The molecular formula is C22H26N4O2. The highest BCUT2D eigenvalue weighted by Gasteiger charge is 2.13. The zero-order chi connectivity index (χ0) is 20.1. The predicted molar refractivity (Wildman–Crippen MR) is 110 cm³/mol. The summed E-state index contributed by atoms with van der Waals surface area (Å²) < 4.78 is 5.36. The lowest BCUT2D eigenvalue weighted by Gasteiger charge is -2.12. The largest absolute Gasteiger partial charge is 0.375 e. The van der Waals surface area contributed by atoms with Gasteiger partial charge in [-0.3, -0.25) is 4.79 Å². The summed E-state index contributed by atoms with van der Waals surface area (Å²) in [6.07, 6.45) is 0. The van der Waals surface area contributed by atoms with Crippen LogP contribution in [0.25, 0.3) is 11.4 Å². The number of benzene rings is 2. The molecule has 3 aromatic rings. The normalized spacial score (nSPS) is 11.1. The Kier molecular flexibility index (Phi) is 6.09. The Bertz CT molecular complexity index is 930. The molecule has 3 rings (SSSR count). The van der Waals surface area contributed by atoms with E-state index < -0.39 is 0 Å². The number of para-hydroxylation sites is 1. The average Bonchev–Trinajstić information content (AvgIpc) is 3.15. The van der Waals surface area contributed by atoms with Crippen molar-refractivity contribution in [1.82, 2.24) is 15.5 Å². The van der Waals surface area contributed by atoms with E-state index in [1.54, 1.807) is 6.07 Å². The van der Waals surface area contributed by atoms with Gasteiger partial charge in [0.05, 0.1) is 12.1 Å². The van der Waals surface area contributed by atoms with Crippen LogP contribution < -0.4 is 10.6 Å². The van der Waals surface area contributed by atoms with Crippen LogP contribution in [0.5, 0.6) is 0 Å². The van der Waals surface area contributed by atoms with Gasteiger partial charge in [-0.2, -0.15) is 4.98 Å². The molecule has 0 saturated carbocycles. The van der Waals surface area contributed by atoms with Crippen molar-refractivity contribution in [2.24, 2.45) is 0 Å². The van der Waals surface area contributed by atoms with Gasteiger partial charge < -0.3 is 15.2 Å². The van der Waals surface area contributed by atoms with E-state index in [1.165, 1.54) is 5.56 Å². The number of carbonyl (C=O) groups excluding carboxylic acids is 1. The van der Waals surface area contributed by atoms with Gasteiger partial charge in [-0.15, -0.1) is 0 Å². The van der Waals surface area contributed by atoms with E-state index in [1.807, 2.05) is 44.2 Å². The molecule has 1 amide bonds. The first-order valence-corrected chi connectivity index (χ1v) is 9.50. The van der Waals surface area contributed by atoms with Gasteiger partial charge in [0, 0.05) is 17.3 Å². The molecule has 28 heavy (non-hydrogen) atoms. The van der Waals surface area contributed by atoms with Gasteiger partial charge in [0.15, 0.2) is 0 Å². The second-order valence-corrected chi connectivity index (χ2v) is 7.32. The van der Waals surface area contributed by atoms with Crippen molar-refractivity contribution in [1.29, 1.82) is 0 Å². The molecule has 1 aromatic heterocycles. The van der Waals surface area contributed by atoms with Crippen LogP contribution in [0.15, 0.2) is 53.1 Å². The highest BCUT2D eigenvalue weighted by Crippen LogP contribution is 2.21. The molecule has 0 saturated heterocycles. The molecule has 146 valence electrons. The van der Waals surface area contributed by atoms with E-state index in [0.717, 1.165) is 11.3 Å². The molecule has 0 aliphatic heterocycles. The molecule has 0 radical (unpaired) electrons. The Hall–Kier alpha value is -3.15. The Morgan fingerprint density at radius 1 is 1.04 bits per heavy atom. The van der Waals surface area contributed by atoms with E-state index in [-0.39, 0.29) is 11.9 Å². The minimum absolute atomic E-state index is 0.0705. The number of carbonyl (C=O) groups is 1. The van der Waals surface area contributed by atoms with Gasteiger partial charge >= 0.3 is 0 Å². The fourth-order valence-corrected chi connectivity index (χ4v) is 2.81. The lowest BCUT2D eigenvalue weighted by Crippen LogP contribution is -2.30. The van der Waals surface area contributed by atoms with Crippen molar-refractivity contribution in [3.63, 3.8) is 0 Å². The van der Waals surface area contributed by atoms with Crippen LogP contribution in [0.3, 0.4) is 0 Å². The van der Waals surface area contributed by atoms with Crippen LogP contribution in [0.2, 0.25) is 0 Å². The van der Waals surface area contributed by atoms with Crippen molar-refractivity contribution in [2.75, 3.05) is 5.32 Å². The van der Waals surface area contributed by atoms with Gasteiger partial charge in [0.2, 0.25) is 11.7 Å². The van der Waals surface area contributed by atoms with Crippen molar-refractivity contribution in [2.45, 2.75) is 46.2 Å². The maximum atomic E-state index is 12.3. The summed E-state index contributed by atoms with van der Waals surface area (Å²) in [5.74, 6) is 1.38. The van der Waals surface area contributed by atoms with Gasteiger partial charge in [-0.25, -0.2) is 0 Å². The highest BCUT2D eigenvalue weighted by atomic mass is 16.5. The third kappa shape index (κ3) is 4.76. The predicted octanol–water partition coefficient (Wildman–Crippen LogP) is 4.61. The molecule has 0 bridgehead atoms. The van der Waals surface area contributed by atoms with E-state index in [2.05, 4.69) is 46.8 Å². The Morgan fingerprint density at radius 3 is 2.43 bits per heavy atom. The van der Waals surface area contributed by atoms with Gasteiger partial charge in [-0.1, -0.05) is 55.4 Å². The molecule has 6 heteroatoms. The third-order valence-corrected chi connectivity index (χ3v) is 4.33. The van der Waals surface area contributed by atoms with E-state index in [9.17, 15) is 4.79 Å². The first kappa shape index (κ1) is 19.6. The van der Waals surface area contributed by atoms with Crippen LogP contribution in [-0.2, 0) is 6.54 Å². The molecule has 0 unspecified atom stereocenters. The summed E-state index contributed by atoms with van der Waals surface area (Å²) in [6, 6.07) is 15.6. The number of rotatable bonds is 7. The van der Waals surface area contributed by atoms with Crippen LogP contribution in [0.4, 0.5) is 5.69 Å². The molecule has 2 aromatic carbocycles. The number of nitrogens with zero attached hydrogens (tertiary/aromatic N) is 2. The lowest BCUT2D eigenvalue weighted by atomic mass is 10.0. The standard InChI is InChI=1S/C22H26N4O2/c1-14(2)16-9-11-17(12-10-16)21-25-20(28-26-21)13-23-19-8-6-5-7-18(19)22(27)24-15(3)4/h5-12,14-15,23H,13H2,1-4H3,(H,24,27). The molecule has 0 atom stereocenters. The minimum Gasteiger partial charge on any atom is -0.375 e. The van der Waals surface area contributed by atoms with Gasteiger partial charge in [0.1, 0.15) is 0 Å². The maximum absolute atomic E-state index is 12.3. The van der Waals surface area contributed by atoms with E-state index >= 15 is 0 Å². The number of anilines is 1. The smallest absolute Gasteiger partial charge is 0.253 e. The second-order valence-electron chi connectivity index (χ2n) is 7.32. The zero-order valence-electron chi connectivity index (χ0n) is 16.7. The molecule has 0 spiro atoms. The number of aromatic nitrogens is 2. The van der Waals surface area contributed by atoms with Crippen LogP contribution in [0.1, 0.15) is 55.4 Å². The summed E-state index contributed by atoms with van der Waals surface area (Å²) in [5.41, 5.74) is 3.49. The number of hydrogen-bond acceptors (Lipinski definition) is 5. The third-order valence-electron chi connectivity index (χ3n) is 4.33. The SMILES string of the molecule is CC(C)NC(=O)c1ccccc1NCc1nc(-c2ccc(C(C)C)cc2)no1. The summed E-state index contributed by atoms with van der Waals surface area (Å²) in [7, 11) is 0. The Balaban J connectivity index is 1.69. The summed E-state index contributed by atoms with van der Waals surface area (Å²) in [5, 5.41) is 10.2. The highest BCUT2D eigenvalue weighted by molar-refractivity contribution is 5.99. The minimum atomic E-state index is -0.116. The van der Waals surface area contributed by atoms with E-state index in [4.69, 9.17) is 4.52 Å². The molecule has 0 aliphatic rings. The zero-order valence-corrected chi connectivity index (χ0v) is 16.7. The molecule has 1 heterocycles. The lowest BCUT2D eigenvalue weighted by molar-refractivity contribution is 0.0944.